The summed E-state index contributed by atoms with van der Waals surface area (Å²) in [5.41, 5.74) is 0. The van der Waals surface area contributed by atoms with Crippen molar-refractivity contribution in [2.24, 2.45) is 0 Å². The number of ether oxygens (including phenoxy) is 2. The molecule has 2 aromatic carbocycles. The van der Waals surface area contributed by atoms with E-state index in [0.29, 0.717) is 0 Å². The highest BCUT2D eigenvalue weighted by molar-refractivity contribution is 7.82. The van der Waals surface area contributed by atoms with Gasteiger partial charge in [-0.25, -0.2) is 9.59 Å². The van der Waals surface area contributed by atoms with Crippen molar-refractivity contribution in [3.63, 3.8) is 0 Å². The van der Waals surface area contributed by atoms with E-state index in [9.17, 15) is 19.8 Å². The van der Waals surface area contributed by atoms with Crippen LogP contribution in [0.5, 0.6) is 11.5 Å². The average Bonchev–Trinajstić information content (AvgIpc) is 2.54. The lowest BCUT2D eigenvalue weighted by molar-refractivity contribution is -0.165. The Balaban J connectivity index is 2.34. The van der Waals surface area contributed by atoms with Gasteiger partial charge in [0, 0.05) is 0 Å². The molecule has 0 spiro atoms. The minimum Gasteiger partial charge on any atom is -0.478 e. The van der Waals surface area contributed by atoms with E-state index in [-0.39, 0.29) is 11.5 Å². The Hall–Kier alpha value is -2.67. The van der Waals surface area contributed by atoms with Crippen LogP contribution < -0.4 is 9.47 Å². The highest BCUT2D eigenvalue weighted by atomic mass is 32.1. The van der Waals surface area contributed by atoms with Crippen molar-refractivity contribution in [1.82, 2.24) is 0 Å². The molecule has 0 saturated carbocycles. The Morgan fingerprint density at radius 3 is 1.83 bits per heavy atom. The molecule has 2 N–H and O–H groups in total. The van der Waals surface area contributed by atoms with Gasteiger partial charge >= 0.3 is 11.9 Å². The summed E-state index contributed by atoms with van der Waals surface area (Å²) < 4.78 is 10.6. The van der Waals surface area contributed by atoms with E-state index >= 15 is 0 Å². The third-order valence-corrected chi connectivity index (χ3v) is 3.42. The molecular formula is C16H14O6S. The van der Waals surface area contributed by atoms with E-state index < -0.39 is 23.0 Å². The maximum absolute atomic E-state index is 11.6. The third kappa shape index (κ3) is 3.95. The van der Waals surface area contributed by atoms with Crippen LogP contribution in [0.25, 0.3) is 0 Å². The van der Waals surface area contributed by atoms with Gasteiger partial charge in [0.1, 0.15) is 11.5 Å². The van der Waals surface area contributed by atoms with Gasteiger partial charge < -0.3 is 19.7 Å². The second-order valence-electron chi connectivity index (χ2n) is 4.57. The SMILES string of the molecule is O=C(O)C(Oc1ccccc1)C(S)(Oc1ccccc1)C(=O)O. The monoisotopic (exact) mass is 334 g/mol. The number of hydrogen-bond donors (Lipinski definition) is 3. The topological polar surface area (TPSA) is 93.1 Å². The first-order chi connectivity index (χ1) is 10.9. The summed E-state index contributed by atoms with van der Waals surface area (Å²) in [6.07, 6.45) is -1.87. The lowest BCUT2D eigenvalue weighted by Gasteiger charge is -2.30. The van der Waals surface area contributed by atoms with Gasteiger partial charge in [-0.05, 0) is 24.3 Å². The zero-order valence-electron chi connectivity index (χ0n) is 11.8. The van der Waals surface area contributed by atoms with Gasteiger partial charge in [-0.15, -0.1) is 12.6 Å². The fourth-order valence-corrected chi connectivity index (χ4v) is 2.08. The van der Waals surface area contributed by atoms with Crippen LogP contribution in [0.15, 0.2) is 60.7 Å². The summed E-state index contributed by atoms with van der Waals surface area (Å²) in [6.45, 7) is 0. The molecule has 2 aromatic rings. The zero-order valence-corrected chi connectivity index (χ0v) is 12.7. The van der Waals surface area contributed by atoms with E-state index in [0.717, 1.165) is 0 Å². The number of carboxylic acid groups (broad SMARTS) is 2. The average molecular weight is 334 g/mol. The van der Waals surface area contributed by atoms with Gasteiger partial charge in [-0.3, -0.25) is 0 Å². The quantitative estimate of drug-likeness (QED) is 0.531. The minimum absolute atomic E-state index is 0.160. The third-order valence-electron chi connectivity index (χ3n) is 2.90. The fraction of sp³-hybridized carbons (Fsp3) is 0.125. The van der Waals surface area contributed by atoms with Gasteiger partial charge in [0.25, 0.3) is 11.0 Å². The predicted molar refractivity (Wildman–Crippen MR) is 84.9 cm³/mol. The van der Waals surface area contributed by atoms with Crippen molar-refractivity contribution in [3.8, 4) is 11.5 Å². The first-order valence-corrected chi connectivity index (χ1v) is 7.02. The Morgan fingerprint density at radius 1 is 0.913 bits per heavy atom. The number of carbonyl (C=O) groups is 2. The zero-order chi connectivity index (χ0) is 16.9. The standard InChI is InChI=1S/C16H14O6S/c17-14(18)13(21-11-7-3-1-4-8-11)16(23,15(19)20)22-12-9-5-2-6-10-12/h1-10,13,23H,(H,17,18)(H,19,20). The Labute approximate surface area is 137 Å². The van der Waals surface area contributed by atoms with E-state index in [1.807, 2.05) is 0 Å². The number of para-hydroxylation sites is 2. The maximum Gasteiger partial charge on any atom is 0.363 e. The van der Waals surface area contributed by atoms with Crippen LogP contribution in [0.2, 0.25) is 0 Å². The van der Waals surface area contributed by atoms with Crippen molar-refractivity contribution in [2.45, 2.75) is 11.0 Å². The summed E-state index contributed by atoms with van der Waals surface area (Å²) in [6, 6.07) is 15.9. The van der Waals surface area contributed by atoms with Crippen LogP contribution in [-0.2, 0) is 9.59 Å². The number of thiol groups is 1. The molecule has 0 fully saturated rings. The van der Waals surface area contributed by atoms with Crippen LogP contribution in [0.3, 0.4) is 0 Å². The van der Waals surface area contributed by atoms with Crippen molar-refractivity contribution < 1.29 is 29.3 Å². The molecule has 0 aliphatic carbocycles. The Bertz CT molecular complexity index is 675. The molecule has 0 aliphatic rings. The molecule has 0 amide bonds. The molecule has 0 saturated heterocycles. The molecule has 2 unspecified atom stereocenters. The van der Waals surface area contributed by atoms with Gasteiger partial charge in [-0.2, -0.15) is 0 Å². The smallest absolute Gasteiger partial charge is 0.363 e. The molecular weight excluding hydrogens is 320 g/mol. The molecule has 0 bridgehead atoms. The second kappa shape index (κ2) is 7.06. The first kappa shape index (κ1) is 16.7. The van der Waals surface area contributed by atoms with E-state index in [4.69, 9.17) is 9.47 Å². The van der Waals surface area contributed by atoms with Gasteiger partial charge in [0.05, 0.1) is 0 Å². The minimum atomic E-state index is -2.41. The Morgan fingerprint density at radius 2 is 1.39 bits per heavy atom. The van der Waals surface area contributed by atoms with Gasteiger partial charge in [0.2, 0.25) is 0 Å². The number of hydrogen-bond acceptors (Lipinski definition) is 5. The summed E-state index contributed by atoms with van der Waals surface area (Å²) in [5.74, 6) is -2.74. The molecule has 23 heavy (non-hydrogen) atoms. The van der Waals surface area contributed by atoms with Crippen LogP contribution in [0.4, 0.5) is 0 Å². The second-order valence-corrected chi connectivity index (χ2v) is 5.23. The number of carboxylic acids is 2. The molecule has 7 heteroatoms. The highest BCUT2D eigenvalue weighted by Gasteiger charge is 2.52. The predicted octanol–water partition coefficient (Wildman–Crippen LogP) is 2.31. The van der Waals surface area contributed by atoms with Crippen LogP contribution >= 0.6 is 12.6 Å². The van der Waals surface area contributed by atoms with Crippen molar-refractivity contribution in [2.75, 3.05) is 0 Å². The van der Waals surface area contributed by atoms with Crippen LogP contribution in [0.1, 0.15) is 0 Å². The van der Waals surface area contributed by atoms with Gasteiger partial charge in [-0.1, -0.05) is 36.4 Å². The summed E-state index contributed by atoms with van der Waals surface area (Å²) in [5, 5.41) is 18.8. The molecule has 6 nitrogen and oxygen atoms in total. The first-order valence-electron chi connectivity index (χ1n) is 6.58. The number of benzene rings is 2. The molecule has 0 heterocycles. The van der Waals surface area contributed by atoms with Crippen molar-refractivity contribution in [3.05, 3.63) is 60.7 Å². The molecule has 2 atom stereocenters. The lowest BCUT2D eigenvalue weighted by atomic mass is 10.2. The van der Waals surface area contributed by atoms with Crippen molar-refractivity contribution >= 4 is 24.6 Å². The number of rotatable bonds is 7. The van der Waals surface area contributed by atoms with Crippen LogP contribution in [-0.4, -0.2) is 33.2 Å². The highest BCUT2D eigenvalue weighted by Crippen LogP contribution is 2.29. The molecule has 0 aliphatic heterocycles. The molecule has 2 rings (SSSR count). The summed E-state index contributed by atoms with van der Waals surface area (Å²) in [7, 11) is 0. The fourth-order valence-electron chi connectivity index (χ4n) is 1.81. The normalized spacial score (nSPS) is 14.3. The molecule has 0 radical (unpaired) electrons. The van der Waals surface area contributed by atoms with Crippen LogP contribution in [0, 0.1) is 0 Å². The Kier molecular flexibility index (Phi) is 5.13. The lowest BCUT2D eigenvalue weighted by Crippen LogP contribution is -2.56. The number of aliphatic carboxylic acids is 2. The molecule has 0 aromatic heterocycles. The molecule has 120 valence electrons. The summed E-state index contributed by atoms with van der Waals surface area (Å²) >= 11 is 3.96. The van der Waals surface area contributed by atoms with E-state index in [2.05, 4.69) is 12.6 Å². The van der Waals surface area contributed by atoms with Crippen molar-refractivity contribution in [1.29, 1.82) is 0 Å². The van der Waals surface area contributed by atoms with E-state index in [1.165, 1.54) is 24.3 Å². The van der Waals surface area contributed by atoms with E-state index in [1.54, 1.807) is 36.4 Å². The van der Waals surface area contributed by atoms with Gasteiger partial charge in [0.15, 0.2) is 0 Å². The summed E-state index contributed by atoms with van der Waals surface area (Å²) in [4.78, 5) is 20.7. The largest absolute Gasteiger partial charge is 0.478 e. The maximum atomic E-state index is 11.6.